The number of carbonyl (C=O) groups excluding carboxylic acids is 1. The number of aliphatic carboxylic acids is 1. The quantitative estimate of drug-likeness (QED) is 0.725. The van der Waals surface area contributed by atoms with Crippen molar-refractivity contribution < 1.29 is 14.7 Å². The Kier molecular flexibility index (Phi) is 5.00. The van der Waals surface area contributed by atoms with Crippen molar-refractivity contribution in [1.29, 1.82) is 0 Å². The minimum Gasteiger partial charge on any atom is -0.481 e. The van der Waals surface area contributed by atoms with Gasteiger partial charge in [-0.05, 0) is 27.7 Å². The van der Waals surface area contributed by atoms with E-state index in [0.29, 0.717) is 5.82 Å². The predicted molar refractivity (Wildman–Crippen MR) is 69.8 cm³/mol. The molecule has 2 amide bonds. The lowest BCUT2D eigenvalue weighted by molar-refractivity contribution is -0.137. The molecular weight excluding hydrogens is 264 g/mol. The fourth-order valence-corrected chi connectivity index (χ4v) is 1.63. The second-order valence-corrected chi connectivity index (χ2v) is 5.41. The van der Waals surface area contributed by atoms with Gasteiger partial charge in [0.25, 0.3) is 0 Å². The minimum absolute atomic E-state index is 0.110. The van der Waals surface area contributed by atoms with Crippen LogP contribution in [-0.4, -0.2) is 54.7 Å². The van der Waals surface area contributed by atoms with Gasteiger partial charge in [-0.25, -0.2) is 4.79 Å². The van der Waals surface area contributed by atoms with Crippen molar-refractivity contribution >= 4 is 12.0 Å². The molecule has 1 unspecified atom stereocenters. The Morgan fingerprint density at radius 3 is 2.55 bits per heavy atom. The van der Waals surface area contributed by atoms with Gasteiger partial charge < -0.3 is 15.3 Å². The first-order valence-electron chi connectivity index (χ1n) is 6.25. The van der Waals surface area contributed by atoms with Crippen molar-refractivity contribution in [2.75, 3.05) is 6.54 Å². The number of carboxylic acids is 1. The number of tetrazole rings is 1. The molecule has 0 spiro atoms. The highest BCUT2D eigenvalue weighted by molar-refractivity contribution is 5.76. The van der Waals surface area contributed by atoms with Crippen LogP contribution in [0.2, 0.25) is 0 Å². The van der Waals surface area contributed by atoms with Gasteiger partial charge in [0.2, 0.25) is 0 Å². The van der Waals surface area contributed by atoms with E-state index < -0.39 is 17.6 Å². The molecule has 0 fully saturated rings. The highest BCUT2D eigenvalue weighted by Crippen LogP contribution is 2.15. The van der Waals surface area contributed by atoms with Crippen LogP contribution in [0.15, 0.2) is 0 Å². The molecule has 20 heavy (non-hydrogen) atoms. The van der Waals surface area contributed by atoms with Gasteiger partial charge in [0.1, 0.15) is 0 Å². The Hall–Kier alpha value is -2.19. The summed E-state index contributed by atoms with van der Waals surface area (Å²) < 4.78 is 0. The molecule has 0 radical (unpaired) electrons. The maximum Gasteiger partial charge on any atom is 0.318 e. The first-order valence-corrected chi connectivity index (χ1v) is 6.25. The topological polar surface area (TPSA) is 124 Å². The SMILES string of the molecule is CC(NC(=O)N(CCC(=O)O)C(C)(C)C)c1nn[nH]n1. The van der Waals surface area contributed by atoms with Crippen LogP contribution in [0, 0.1) is 0 Å². The van der Waals surface area contributed by atoms with E-state index in [9.17, 15) is 9.59 Å². The molecule has 1 rings (SSSR count). The van der Waals surface area contributed by atoms with Crippen molar-refractivity contribution in [3.8, 4) is 0 Å². The van der Waals surface area contributed by atoms with E-state index in [2.05, 4.69) is 25.9 Å². The monoisotopic (exact) mass is 284 g/mol. The van der Waals surface area contributed by atoms with Crippen LogP contribution in [0.1, 0.15) is 46.0 Å². The van der Waals surface area contributed by atoms with Gasteiger partial charge >= 0.3 is 12.0 Å². The molecule has 0 saturated carbocycles. The van der Waals surface area contributed by atoms with E-state index in [1.165, 1.54) is 4.90 Å². The van der Waals surface area contributed by atoms with E-state index >= 15 is 0 Å². The maximum absolute atomic E-state index is 12.2. The predicted octanol–water partition coefficient (Wildman–Crippen LogP) is 0.545. The zero-order valence-electron chi connectivity index (χ0n) is 12.0. The first kappa shape index (κ1) is 15.9. The van der Waals surface area contributed by atoms with Gasteiger partial charge in [0.15, 0.2) is 5.82 Å². The molecule has 0 aliphatic heterocycles. The molecule has 0 bridgehead atoms. The normalized spacial score (nSPS) is 12.8. The Bertz CT molecular complexity index is 453. The lowest BCUT2D eigenvalue weighted by Gasteiger charge is -2.36. The number of nitrogens with zero attached hydrogens (tertiary/aromatic N) is 4. The molecule has 0 aliphatic rings. The molecule has 1 aromatic rings. The van der Waals surface area contributed by atoms with Gasteiger partial charge in [-0.2, -0.15) is 5.21 Å². The number of carbonyl (C=O) groups is 2. The summed E-state index contributed by atoms with van der Waals surface area (Å²) in [6, 6.07) is -0.785. The van der Waals surface area contributed by atoms with Gasteiger partial charge in [-0.15, -0.1) is 10.2 Å². The number of carboxylic acid groups (broad SMARTS) is 1. The maximum atomic E-state index is 12.2. The number of hydrogen-bond donors (Lipinski definition) is 3. The molecule has 3 N–H and O–H groups in total. The van der Waals surface area contributed by atoms with Crippen molar-refractivity contribution in [3.05, 3.63) is 5.82 Å². The van der Waals surface area contributed by atoms with Gasteiger partial charge in [-0.3, -0.25) is 4.79 Å². The molecule has 1 atom stereocenters. The highest BCUT2D eigenvalue weighted by Gasteiger charge is 2.28. The molecule has 1 aromatic heterocycles. The summed E-state index contributed by atoms with van der Waals surface area (Å²) in [5, 5.41) is 24.8. The lowest BCUT2D eigenvalue weighted by Crippen LogP contribution is -2.51. The van der Waals surface area contributed by atoms with Crippen molar-refractivity contribution in [2.45, 2.75) is 45.7 Å². The van der Waals surface area contributed by atoms with Crippen LogP contribution in [0.5, 0.6) is 0 Å². The first-order chi connectivity index (χ1) is 9.21. The smallest absolute Gasteiger partial charge is 0.318 e. The Morgan fingerprint density at radius 1 is 1.45 bits per heavy atom. The van der Waals surface area contributed by atoms with Crippen molar-refractivity contribution in [1.82, 2.24) is 30.8 Å². The van der Waals surface area contributed by atoms with E-state index in [1.807, 2.05) is 20.8 Å². The molecule has 112 valence electrons. The average molecular weight is 284 g/mol. The Morgan fingerprint density at radius 2 is 2.10 bits per heavy atom. The zero-order chi connectivity index (χ0) is 15.3. The van der Waals surface area contributed by atoms with Crippen molar-refractivity contribution in [3.63, 3.8) is 0 Å². The van der Waals surface area contributed by atoms with Crippen LogP contribution < -0.4 is 5.32 Å². The number of rotatable bonds is 5. The number of hydrogen-bond acceptors (Lipinski definition) is 5. The number of H-pyrrole nitrogens is 1. The van der Waals surface area contributed by atoms with E-state index in [0.717, 1.165) is 0 Å². The van der Waals surface area contributed by atoms with E-state index in [4.69, 9.17) is 5.11 Å². The summed E-state index contributed by atoms with van der Waals surface area (Å²) in [6.07, 6.45) is -0.110. The summed E-state index contributed by atoms with van der Waals surface area (Å²) in [6.45, 7) is 7.37. The fourth-order valence-electron chi connectivity index (χ4n) is 1.63. The standard InChI is InChI=1S/C11H20N6O3/c1-7(9-13-15-16-14-9)12-10(20)17(11(2,3)4)6-5-8(18)19/h7H,5-6H2,1-4H3,(H,12,20)(H,18,19)(H,13,14,15,16). The van der Waals surface area contributed by atoms with Crippen LogP contribution in [-0.2, 0) is 4.79 Å². The number of nitrogens with one attached hydrogen (secondary N) is 2. The van der Waals surface area contributed by atoms with E-state index in [1.54, 1.807) is 6.92 Å². The molecule has 0 aromatic carbocycles. The van der Waals surface area contributed by atoms with Gasteiger partial charge in [-0.1, -0.05) is 5.21 Å². The third-order valence-electron chi connectivity index (χ3n) is 2.69. The summed E-state index contributed by atoms with van der Waals surface area (Å²) in [5.41, 5.74) is -0.490. The molecule has 0 aliphatic carbocycles. The lowest BCUT2D eigenvalue weighted by atomic mass is 10.1. The molecule has 1 heterocycles. The third kappa shape index (κ3) is 4.48. The third-order valence-corrected chi connectivity index (χ3v) is 2.69. The second-order valence-electron chi connectivity index (χ2n) is 5.41. The van der Waals surface area contributed by atoms with Crippen molar-refractivity contribution in [2.24, 2.45) is 0 Å². The minimum atomic E-state index is -0.946. The van der Waals surface area contributed by atoms with Gasteiger partial charge in [0.05, 0.1) is 12.5 Å². The summed E-state index contributed by atoms with van der Waals surface area (Å²) in [5.74, 6) is -0.580. The number of aromatic amines is 1. The molecule has 9 heteroatoms. The van der Waals surface area contributed by atoms with Crippen LogP contribution in [0.3, 0.4) is 0 Å². The second kappa shape index (κ2) is 6.31. The Balaban J connectivity index is 2.70. The number of urea groups is 1. The number of aromatic nitrogens is 4. The molecule has 0 saturated heterocycles. The average Bonchev–Trinajstić information content (AvgIpc) is 2.79. The fraction of sp³-hybridized carbons (Fsp3) is 0.727. The molecule has 9 nitrogen and oxygen atoms in total. The van der Waals surface area contributed by atoms with Crippen LogP contribution in [0.25, 0.3) is 0 Å². The number of amides is 2. The highest BCUT2D eigenvalue weighted by atomic mass is 16.4. The van der Waals surface area contributed by atoms with Gasteiger partial charge in [0, 0.05) is 12.1 Å². The summed E-state index contributed by atoms with van der Waals surface area (Å²) in [4.78, 5) is 24.4. The Labute approximate surface area is 116 Å². The van der Waals surface area contributed by atoms with Crippen LogP contribution in [0.4, 0.5) is 4.79 Å². The van der Waals surface area contributed by atoms with E-state index in [-0.39, 0.29) is 19.0 Å². The largest absolute Gasteiger partial charge is 0.481 e. The molecular formula is C11H20N6O3. The van der Waals surface area contributed by atoms with Crippen LogP contribution >= 0.6 is 0 Å². The summed E-state index contributed by atoms with van der Waals surface area (Å²) >= 11 is 0. The zero-order valence-corrected chi connectivity index (χ0v) is 12.0. The summed E-state index contributed by atoms with van der Waals surface area (Å²) in [7, 11) is 0.